The molecule has 0 amide bonds. The minimum absolute atomic E-state index is 0.371. The lowest BCUT2D eigenvalue weighted by molar-refractivity contribution is 0.416. The van der Waals surface area contributed by atoms with Crippen molar-refractivity contribution in [3.63, 3.8) is 0 Å². The number of benzene rings is 1. The number of halogens is 1. The van der Waals surface area contributed by atoms with Crippen molar-refractivity contribution in [2.45, 2.75) is 25.0 Å². The first-order valence-corrected chi connectivity index (χ1v) is 8.43. The number of hydrogen-bond donors (Lipinski definition) is 2. The van der Waals surface area contributed by atoms with Crippen LogP contribution in [0.2, 0.25) is 5.02 Å². The first-order valence-electron chi connectivity index (χ1n) is 6.50. The Labute approximate surface area is 124 Å². The zero-order valence-electron chi connectivity index (χ0n) is 11.6. The highest BCUT2D eigenvalue weighted by atomic mass is 35.5. The van der Waals surface area contributed by atoms with Gasteiger partial charge in [-0.2, -0.15) is 0 Å². The lowest BCUT2D eigenvalue weighted by atomic mass is 10.2. The highest BCUT2D eigenvalue weighted by molar-refractivity contribution is 7.93. The quantitative estimate of drug-likeness (QED) is 0.892. The number of nitrogens with one attached hydrogen (secondary N) is 2. The third-order valence-electron chi connectivity index (χ3n) is 3.46. The van der Waals surface area contributed by atoms with Crippen molar-refractivity contribution in [3.05, 3.63) is 22.7 Å². The van der Waals surface area contributed by atoms with E-state index < -0.39 is 10.0 Å². The van der Waals surface area contributed by atoms with Gasteiger partial charge in [0.15, 0.2) is 0 Å². The molecule has 1 heterocycles. The summed E-state index contributed by atoms with van der Waals surface area (Å²) in [6.07, 6.45) is 1.23. The molecule has 1 fully saturated rings. The van der Waals surface area contributed by atoms with E-state index in [9.17, 15) is 8.42 Å². The lowest BCUT2D eigenvalue weighted by Crippen LogP contribution is -2.38. The normalized spacial score (nSPS) is 16.9. The topological polar surface area (TPSA) is 67.4 Å². The average molecular weight is 319 g/mol. The van der Waals surface area contributed by atoms with E-state index in [1.165, 1.54) is 7.11 Å². The second-order valence-corrected chi connectivity index (χ2v) is 7.27. The van der Waals surface area contributed by atoms with Gasteiger partial charge in [-0.15, -0.1) is 0 Å². The fourth-order valence-corrected chi connectivity index (χ4v) is 3.90. The first-order chi connectivity index (χ1) is 9.44. The molecule has 20 heavy (non-hydrogen) atoms. The smallest absolute Gasteiger partial charge is 0.235 e. The van der Waals surface area contributed by atoms with E-state index >= 15 is 0 Å². The molecular weight excluding hydrogens is 300 g/mol. The zero-order valence-corrected chi connectivity index (χ0v) is 13.1. The van der Waals surface area contributed by atoms with Gasteiger partial charge in [0, 0.05) is 11.1 Å². The molecule has 0 atom stereocenters. The maximum atomic E-state index is 12.4. The van der Waals surface area contributed by atoms with Crippen LogP contribution in [0.3, 0.4) is 0 Å². The Bertz CT molecular complexity index is 584. The molecule has 1 aliphatic heterocycles. The van der Waals surface area contributed by atoms with Crippen LogP contribution < -0.4 is 14.8 Å². The molecule has 0 unspecified atom stereocenters. The number of rotatable bonds is 4. The Morgan fingerprint density at radius 2 is 2.00 bits per heavy atom. The highest BCUT2D eigenvalue weighted by Gasteiger charge is 2.28. The first kappa shape index (κ1) is 15.4. The Morgan fingerprint density at radius 3 is 2.60 bits per heavy atom. The molecule has 112 valence electrons. The second kappa shape index (κ2) is 6.20. The Morgan fingerprint density at radius 1 is 1.35 bits per heavy atom. The van der Waals surface area contributed by atoms with Crippen LogP contribution in [-0.2, 0) is 10.0 Å². The van der Waals surface area contributed by atoms with Crippen LogP contribution in [0.5, 0.6) is 5.75 Å². The van der Waals surface area contributed by atoms with E-state index in [0.717, 1.165) is 18.7 Å². The van der Waals surface area contributed by atoms with E-state index in [1.807, 2.05) is 6.92 Å². The third-order valence-corrected chi connectivity index (χ3v) is 5.72. The molecule has 1 saturated heterocycles. The Balaban J connectivity index is 2.26. The van der Waals surface area contributed by atoms with Crippen molar-refractivity contribution >= 4 is 27.3 Å². The summed E-state index contributed by atoms with van der Waals surface area (Å²) in [4.78, 5) is 0. The third kappa shape index (κ3) is 3.37. The van der Waals surface area contributed by atoms with Gasteiger partial charge >= 0.3 is 0 Å². The predicted octanol–water partition coefficient (Wildman–Crippen LogP) is 2.15. The largest absolute Gasteiger partial charge is 0.495 e. The molecule has 0 radical (unpaired) electrons. The summed E-state index contributed by atoms with van der Waals surface area (Å²) in [7, 11) is -1.92. The molecule has 1 aliphatic rings. The number of aryl methyl sites for hydroxylation is 1. The lowest BCUT2D eigenvalue weighted by Gasteiger charge is -2.24. The van der Waals surface area contributed by atoms with Crippen LogP contribution in [-0.4, -0.2) is 33.9 Å². The second-order valence-electron chi connectivity index (χ2n) is 4.90. The molecule has 0 aromatic heterocycles. The molecule has 0 saturated carbocycles. The van der Waals surface area contributed by atoms with E-state index in [0.29, 0.717) is 29.3 Å². The van der Waals surface area contributed by atoms with Gasteiger partial charge in [0.2, 0.25) is 10.0 Å². The Hall–Kier alpha value is -0.980. The van der Waals surface area contributed by atoms with Crippen LogP contribution >= 0.6 is 11.6 Å². The number of sulfonamides is 1. The van der Waals surface area contributed by atoms with Crippen molar-refractivity contribution in [2.75, 3.05) is 24.9 Å². The summed E-state index contributed by atoms with van der Waals surface area (Å²) in [6, 6.07) is 3.32. The van der Waals surface area contributed by atoms with E-state index in [2.05, 4.69) is 10.0 Å². The molecule has 5 nitrogen and oxygen atoms in total. The molecule has 0 bridgehead atoms. The van der Waals surface area contributed by atoms with Crippen LogP contribution in [0, 0.1) is 6.92 Å². The van der Waals surface area contributed by atoms with Crippen LogP contribution in [0.1, 0.15) is 18.4 Å². The zero-order chi connectivity index (χ0) is 14.8. The maximum absolute atomic E-state index is 12.4. The molecule has 1 aromatic carbocycles. The van der Waals surface area contributed by atoms with Crippen molar-refractivity contribution in [1.82, 2.24) is 5.32 Å². The van der Waals surface area contributed by atoms with E-state index in [4.69, 9.17) is 16.3 Å². The minimum Gasteiger partial charge on any atom is -0.495 e. The van der Waals surface area contributed by atoms with Gasteiger partial charge in [-0.3, -0.25) is 4.72 Å². The van der Waals surface area contributed by atoms with Crippen LogP contribution in [0.4, 0.5) is 5.69 Å². The standard InChI is InChI=1S/C13H19ClN2O3S/c1-9-7-12(13(19-2)8-11(9)14)16-20(17,18)10-3-5-15-6-4-10/h7-8,10,15-16H,3-6H2,1-2H3. The average Bonchev–Trinajstić information content (AvgIpc) is 2.43. The van der Waals surface area contributed by atoms with Gasteiger partial charge in [-0.25, -0.2) is 8.42 Å². The minimum atomic E-state index is -3.41. The number of piperidine rings is 1. The molecule has 1 aromatic rings. The number of methoxy groups -OCH3 is 1. The fraction of sp³-hybridized carbons (Fsp3) is 0.538. The summed E-state index contributed by atoms with van der Waals surface area (Å²) in [6.45, 7) is 3.27. The van der Waals surface area contributed by atoms with Gasteiger partial charge in [0.05, 0.1) is 18.0 Å². The highest BCUT2D eigenvalue weighted by Crippen LogP contribution is 2.32. The summed E-state index contributed by atoms with van der Waals surface area (Å²) in [5, 5.41) is 3.33. The fourth-order valence-electron chi connectivity index (χ4n) is 2.25. The molecule has 0 aliphatic carbocycles. The summed E-state index contributed by atoms with van der Waals surface area (Å²) < 4.78 is 32.6. The van der Waals surface area contributed by atoms with Crippen molar-refractivity contribution in [3.8, 4) is 5.75 Å². The van der Waals surface area contributed by atoms with E-state index in [1.54, 1.807) is 12.1 Å². The van der Waals surface area contributed by atoms with E-state index in [-0.39, 0.29) is 5.25 Å². The Kier molecular flexibility index (Phi) is 4.78. The SMILES string of the molecule is COc1cc(Cl)c(C)cc1NS(=O)(=O)C1CCNCC1. The monoisotopic (exact) mass is 318 g/mol. The van der Waals surface area contributed by atoms with Crippen molar-refractivity contribution < 1.29 is 13.2 Å². The number of hydrogen-bond acceptors (Lipinski definition) is 4. The van der Waals surface area contributed by atoms with Gasteiger partial charge in [-0.1, -0.05) is 11.6 Å². The molecule has 2 rings (SSSR count). The van der Waals surface area contributed by atoms with Gasteiger partial charge in [0.1, 0.15) is 5.75 Å². The predicted molar refractivity (Wildman–Crippen MR) is 81.2 cm³/mol. The molecular formula is C13H19ClN2O3S. The molecule has 0 spiro atoms. The van der Waals surface area contributed by atoms with Crippen LogP contribution in [0.15, 0.2) is 12.1 Å². The van der Waals surface area contributed by atoms with Crippen molar-refractivity contribution in [1.29, 1.82) is 0 Å². The van der Waals surface area contributed by atoms with Gasteiger partial charge in [-0.05, 0) is 44.5 Å². The summed E-state index contributed by atoms with van der Waals surface area (Å²) >= 11 is 6.02. The summed E-state index contributed by atoms with van der Waals surface area (Å²) in [5.41, 5.74) is 1.24. The summed E-state index contributed by atoms with van der Waals surface area (Å²) in [5.74, 6) is 0.429. The molecule has 7 heteroatoms. The maximum Gasteiger partial charge on any atom is 0.235 e. The van der Waals surface area contributed by atoms with Gasteiger partial charge < -0.3 is 10.1 Å². The van der Waals surface area contributed by atoms with Gasteiger partial charge in [0.25, 0.3) is 0 Å². The molecule has 2 N–H and O–H groups in total. The number of anilines is 1. The van der Waals surface area contributed by atoms with Crippen molar-refractivity contribution in [2.24, 2.45) is 0 Å². The van der Waals surface area contributed by atoms with Crippen LogP contribution in [0.25, 0.3) is 0 Å². The number of ether oxygens (including phenoxy) is 1.